The van der Waals surface area contributed by atoms with Crippen LogP contribution >= 0.6 is 7.75 Å². The van der Waals surface area contributed by atoms with Gasteiger partial charge in [0.25, 0.3) is 0 Å². The van der Waals surface area contributed by atoms with E-state index in [1.807, 2.05) is 18.2 Å². The van der Waals surface area contributed by atoms with Gasteiger partial charge >= 0.3 is 13.7 Å². The Balaban J connectivity index is 1.42. The number of nitrogens with one attached hydrogen (secondary N) is 2. The second kappa shape index (κ2) is 10.9. The van der Waals surface area contributed by atoms with Gasteiger partial charge in [-0.3, -0.25) is 13.9 Å². The first kappa shape index (κ1) is 28.7. The summed E-state index contributed by atoms with van der Waals surface area (Å²) < 4.78 is 32.7. The van der Waals surface area contributed by atoms with E-state index in [2.05, 4.69) is 25.4 Å². The van der Waals surface area contributed by atoms with Crippen molar-refractivity contribution >= 4 is 47.4 Å². The topological polar surface area (TPSA) is 216 Å². The molecule has 41 heavy (non-hydrogen) atoms. The number of hydrogen-bond acceptors (Lipinski definition) is 12. The average molecular weight is 588 g/mol. The van der Waals surface area contributed by atoms with Crippen molar-refractivity contribution in [3.8, 4) is 5.75 Å². The summed E-state index contributed by atoms with van der Waals surface area (Å²) in [6.45, 7) is 2.10. The van der Waals surface area contributed by atoms with Crippen molar-refractivity contribution in [1.82, 2.24) is 24.6 Å². The van der Waals surface area contributed by atoms with Crippen molar-refractivity contribution in [3.05, 3.63) is 48.8 Å². The molecule has 1 saturated heterocycles. The van der Waals surface area contributed by atoms with E-state index in [0.717, 1.165) is 5.39 Å². The first-order chi connectivity index (χ1) is 19.4. The van der Waals surface area contributed by atoms with E-state index in [9.17, 15) is 24.7 Å². The molecule has 0 bridgehead atoms. The Labute approximate surface area is 233 Å². The van der Waals surface area contributed by atoms with Gasteiger partial charge in [0, 0.05) is 12.4 Å². The Hall–Kier alpha value is -3.85. The van der Waals surface area contributed by atoms with Crippen molar-refractivity contribution in [2.45, 2.75) is 43.9 Å². The number of benzene rings is 2. The van der Waals surface area contributed by atoms with Crippen LogP contribution in [0.4, 0.5) is 11.8 Å². The molecule has 0 aliphatic carbocycles. The molecule has 15 nitrogen and oxygen atoms in total. The zero-order chi connectivity index (χ0) is 29.5. The monoisotopic (exact) mass is 587 g/mol. The van der Waals surface area contributed by atoms with Gasteiger partial charge in [0.2, 0.25) is 5.95 Å². The molecule has 5 rings (SSSR count). The minimum Gasteiger partial charge on any atom is -0.480 e. The number of aliphatic hydroxyl groups is 2. The summed E-state index contributed by atoms with van der Waals surface area (Å²) in [6, 6.07) is 11.0. The van der Waals surface area contributed by atoms with E-state index in [1.54, 1.807) is 31.3 Å². The van der Waals surface area contributed by atoms with Gasteiger partial charge in [0.15, 0.2) is 23.2 Å². The highest BCUT2D eigenvalue weighted by molar-refractivity contribution is 7.52. The highest BCUT2D eigenvalue weighted by Gasteiger charge is 2.54. The number of carboxylic acids is 1. The van der Waals surface area contributed by atoms with E-state index >= 15 is 0 Å². The number of rotatable bonds is 10. The maximum absolute atomic E-state index is 13.9. The number of aliphatic hydroxyl groups excluding tert-OH is 1. The number of fused-ring (bicyclic) bond motifs is 2. The van der Waals surface area contributed by atoms with Crippen molar-refractivity contribution in [2.75, 3.05) is 24.7 Å². The van der Waals surface area contributed by atoms with Gasteiger partial charge in [-0.05, 0) is 25.3 Å². The van der Waals surface area contributed by atoms with Gasteiger partial charge < -0.3 is 35.6 Å². The van der Waals surface area contributed by atoms with Crippen molar-refractivity contribution in [1.29, 1.82) is 0 Å². The number of aromatic nitrogens is 4. The van der Waals surface area contributed by atoms with Crippen LogP contribution in [0.5, 0.6) is 5.75 Å². The fourth-order valence-corrected chi connectivity index (χ4v) is 6.14. The smallest absolute Gasteiger partial charge is 0.459 e. The number of carbonyl (C=O) groups is 1. The lowest BCUT2D eigenvalue weighted by molar-refractivity contribution is -0.138. The molecule has 1 aliphatic heterocycles. The first-order valence-corrected chi connectivity index (χ1v) is 14.1. The Morgan fingerprint density at radius 2 is 2.00 bits per heavy atom. The summed E-state index contributed by atoms with van der Waals surface area (Å²) in [5.74, 6) is -0.789. The van der Waals surface area contributed by atoms with Crippen LogP contribution in [0.3, 0.4) is 0 Å². The van der Waals surface area contributed by atoms with Crippen LogP contribution in [0, 0.1) is 0 Å². The lowest BCUT2D eigenvalue weighted by Crippen LogP contribution is -2.44. The molecule has 218 valence electrons. The molecule has 3 unspecified atom stereocenters. The third kappa shape index (κ3) is 5.43. The predicted octanol–water partition coefficient (Wildman–Crippen LogP) is 1.88. The second-order valence-corrected chi connectivity index (χ2v) is 11.4. The lowest BCUT2D eigenvalue weighted by Gasteiger charge is -2.27. The number of nitrogens with two attached hydrogens (primary N) is 1. The summed E-state index contributed by atoms with van der Waals surface area (Å²) >= 11 is 0. The van der Waals surface area contributed by atoms with Gasteiger partial charge in [-0.2, -0.15) is 15.1 Å². The molecule has 1 aliphatic rings. The third-order valence-corrected chi connectivity index (χ3v) is 8.41. The van der Waals surface area contributed by atoms with Crippen molar-refractivity contribution < 1.29 is 38.5 Å². The SMILES string of the molecule is CNc1nc(N)nc2c1ncn2C1O[C@H](COP(=O)(NC(C)C(=O)O)Oc2cccc3ccccc23)[C@@H](O)[C@@]1(C)O. The molecule has 7 N–H and O–H groups in total. The zero-order valence-corrected chi connectivity index (χ0v) is 23.2. The van der Waals surface area contributed by atoms with Crippen LogP contribution < -0.4 is 20.7 Å². The highest BCUT2D eigenvalue weighted by atomic mass is 31.2. The van der Waals surface area contributed by atoms with Gasteiger partial charge in [-0.1, -0.05) is 36.4 Å². The zero-order valence-electron chi connectivity index (χ0n) is 22.3. The number of nitrogen functional groups attached to an aromatic ring is 1. The fourth-order valence-electron chi connectivity index (χ4n) is 4.62. The molecular weight excluding hydrogens is 557 g/mol. The normalized spacial score (nSPS) is 24.8. The fraction of sp³-hybridized carbons (Fsp3) is 0.360. The van der Waals surface area contributed by atoms with Crippen LogP contribution in [0.2, 0.25) is 0 Å². The molecule has 2 aromatic carbocycles. The van der Waals surface area contributed by atoms with Gasteiger partial charge in [-0.25, -0.2) is 9.55 Å². The van der Waals surface area contributed by atoms with Crippen molar-refractivity contribution in [2.24, 2.45) is 0 Å². The minimum absolute atomic E-state index is 0.0492. The van der Waals surface area contributed by atoms with Crippen LogP contribution in [-0.2, 0) is 18.6 Å². The Bertz CT molecular complexity index is 1640. The molecular formula is C25H30N7O8P. The van der Waals surface area contributed by atoms with Crippen LogP contribution in [0.25, 0.3) is 21.9 Å². The standard InChI is InChI=1S/C25H30N7O8P/c1-13(22(34)35)31-41(37,40-16-10-6-8-14-7-4-5-9-15(14)16)38-11-17-19(33)25(2,36)23(39-17)32-12-28-18-20(27-3)29-24(26)30-21(18)32/h4-10,12-13,17,19,23,33,36H,11H2,1-3H3,(H,31,37)(H,34,35)(H3,26,27,29,30)/t13?,17-,19-,23?,25-,41?/m1/s1. The minimum atomic E-state index is -4.38. The predicted molar refractivity (Wildman–Crippen MR) is 148 cm³/mol. The molecule has 0 saturated carbocycles. The molecule has 16 heteroatoms. The number of ether oxygens (including phenoxy) is 1. The van der Waals surface area contributed by atoms with Gasteiger partial charge in [0.05, 0.1) is 12.9 Å². The largest absolute Gasteiger partial charge is 0.480 e. The Morgan fingerprint density at radius 1 is 1.27 bits per heavy atom. The number of anilines is 2. The number of hydrogen-bond donors (Lipinski definition) is 6. The van der Waals surface area contributed by atoms with E-state index in [4.69, 9.17) is 19.5 Å². The summed E-state index contributed by atoms with van der Waals surface area (Å²) in [4.78, 5) is 24.1. The maximum atomic E-state index is 13.9. The van der Waals surface area contributed by atoms with Crippen LogP contribution in [-0.4, -0.2) is 78.3 Å². The quantitative estimate of drug-likeness (QED) is 0.146. The molecule has 0 radical (unpaired) electrons. The van der Waals surface area contributed by atoms with Crippen LogP contribution in [0.1, 0.15) is 20.1 Å². The third-order valence-electron chi connectivity index (χ3n) is 6.78. The molecule has 4 aromatic rings. The lowest BCUT2D eigenvalue weighted by atomic mass is 9.96. The number of nitrogens with zero attached hydrogens (tertiary/aromatic N) is 4. The summed E-state index contributed by atoms with van der Waals surface area (Å²) in [5, 5.41) is 38.4. The first-order valence-electron chi connectivity index (χ1n) is 12.6. The molecule has 6 atom stereocenters. The summed E-state index contributed by atoms with van der Waals surface area (Å²) in [6.07, 6.45) is -2.60. The molecule has 1 fully saturated rings. The average Bonchev–Trinajstić information content (AvgIpc) is 3.44. The number of carboxylic acid groups (broad SMARTS) is 1. The molecule has 3 heterocycles. The van der Waals surface area contributed by atoms with E-state index in [1.165, 1.54) is 24.7 Å². The number of aliphatic carboxylic acids is 1. The maximum Gasteiger partial charge on any atom is 0.459 e. The molecule has 0 amide bonds. The van der Waals surface area contributed by atoms with E-state index in [0.29, 0.717) is 16.7 Å². The molecule has 0 spiro atoms. The van der Waals surface area contributed by atoms with E-state index in [-0.39, 0.29) is 17.3 Å². The number of imidazole rings is 1. The van der Waals surface area contributed by atoms with Crippen LogP contribution in [0.15, 0.2) is 48.8 Å². The molecule has 2 aromatic heterocycles. The Morgan fingerprint density at radius 3 is 2.73 bits per heavy atom. The summed E-state index contributed by atoms with van der Waals surface area (Å²) in [5.41, 5.74) is 4.54. The second-order valence-electron chi connectivity index (χ2n) is 9.75. The van der Waals surface area contributed by atoms with Gasteiger partial charge in [-0.15, -0.1) is 0 Å². The highest BCUT2D eigenvalue weighted by Crippen LogP contribution is 2.48. The van der Waals surface area contributed by atoms with Gasteiger partial charge in [0.1, 0.15) is 29.6 Å². The van der Waals surface area contributed by atoms with Crippen molar-refractivity contribution in [3.63, 3.8) is 0 Å². The van der Waals surface area contributed by atoms with E-state index < -0.39 is 50.4 Å². The Kier molecular flexibility index (Phi) is 7.59. The summed E-state index contributed by atoms with van der Waals surface area (Å²) in [7, 11) is -2.74.